The molecule has 6 nitrogen and oxygen atoms in total. The molecule has 0 saturated heterocycles. The van der Waals surface area contributed by atoms with Gasteiger partial charge in [0.1, 0.15) is 17.1 Å². The summed E-state index contributed by atoms with van der Waals surface area (Å²) in [6, 6.07) is 13.0. The third-order valence-corrected chi connectivity index (χ3v) is 5.17. The topological polar surface area (TPSA) is 82.8 Å². The molecule has 0 aliphatic carbocycles. The molecular formula is C19H16O6S. The van der Waals surface area contributed by atoms with Gasteiger partial charge in [-0.05, 0) is 42.0 Å². The highest BCUT2D eigenvalue weighted by Crippen LogP contribution is 2.22. The van der Waals surface area contributed by atoms with E-state index in [2.05, 4.69) is 0 Å². The van der Waals surface area contributed by atoms with Gasteiger partial charge in [0.15, 0.2) is 4.90 Å². The van der Waals surface area contributed by atoms with E-state index in [1.54, 1.807) is 43.5 Å². The first-order valence-electron chi connectivity index (χ1n) is 7.62. The van der Waals surface area contributed by atoms with Crippen LogP contribution in [0.2, 0.25) is 0 Å². The zero-order valence-electron chi connectivity index (χ0n) is 14.1. The van der Waals surface area contributed by atoms with E-state index in [4.69, 9.17) is 13.9 Å². The Labute approximate surface area is 150 Å². The lowest BCUT2D eigenvalue weighted by molar-refractivity contribution is 0.414. The van der Waals surface area contributed by atoms with Crippen molar-refractivity contribution in [3.63, 3.8) is 0 Å². The average Bonchev–Trinajstić information content (AvgIpc) is 2.65. The van der Waals surface area contributed by atoms with Crippen molar-refractivity contribution in [1.82, 2.24) is 0 Å². The van der Waals surface area contributed by atoms with Crippen LogP contribution < -0.4 is 15.1 Å². The van der Waals surface area contributed by atoms with Crippen LogP contribution in [0.5, 0.6) is 11.5 Å². The maximum absolute atomic E-state index is 12.5. The molecule has 1 heterocycles. The van der Waals surface area contributed by atoms with Crippen molar-refractivity contribution < 1.29 is 22.3 Å². The van der Waals surface area contributed by atoms with Gasteiger partial charge in [-0.2, -0.15) is 0 Å². The normalized spacial score (nSPS) is 11.8. The highest BCUT2D eigenvalue weighted by molar-refractivity contribution is 7.94. The van der Waals surface area contributed by atoms with Crippen LogP contribution in [0.1, 0.15) is 5.56 Å². The van der Waals surface area contributed by atoms with E-state index in [1.165, 1.54) is 25.3 Å². The Bertz CT molecular complexity index is 1120. The number of fused-ring (bicyclic) bond motifs is 1. The molecule has 0 N–H and O–H groups in total. The summed E-state index contributed by atoms with van der Waals surface area (Å²) in [6.45, 7) is 0. The summed E-state index contributed by atoms with van der Waals surface area (Å²) in [4.78, 5) is 11.7. The highest BCUT2D eigenvalue weighted by atomic mass is 32.2. The number of benzene rings is 2. The molecular weight excluding hydrogens is 356 g/mol. The van der Waals surface area contributed by atoms with Crippen molar-refractivity contribution in [1.29, 1.82) is 0 Å². The van der Waals surface area contributed by atoms with Gasteiger partial charge in [0.2, 0.25) is 9.84 Å². The summed E-state index contributed by atoms with van der Waals surface area (Å²) in [5, 5.41) is 1.47. The van der Waals surface area contributed by atoms with Crippen LogP contribution in [0.25, 0.3) is 17.0 Å². The zero-order chi connectivity index (χ0) is 18.7. The quantitative estimate of drug-likeness (QED) is 0.640. The maximum atomic E-state index is 12.5. The molecule has 0 aliphatic rings. The van der Waals surface area contributed by atoms with E-state index < -0.39 is 20.4 Å². The van der Waals surface area contributed by atoms with Crippen molar-refractivity contribution in [2.75, 3.05) is 14.2 Å². The summed E-state index contributed by atoms with van der Waals surface area (Å²) < 4.78 is 40.3. The van der Waals surface area contributed by atoms with Gasteiger partial charge < -0.3 is 13.9 Å². The molecule has 1 aromatic heterocycles. The van der Waals surface area contributed by atoms with Crippen molar-refractivity contribution in [2.45, 2.75) is 4.90 Å². The van der Waals surface area contributed by atoms with Crippen LogP contribution in [-0.2, 0) is 9.84 Å². The predicted molar refractivity (Wildman–Crippen MR) is 98.2 cm³/mol. The fourth-order valence-electron chi connectivity index (χ4n) is 2.35. The molecule has 0 fully saturated rings. The summed E-state index contributed by atoms with van der Waals surface area (Å²) in [6.07, 6.45) is 1.41. The average molecular weight is 372 g/mol. The van der Waals surface area contributed by atoms with E-state index >= 15 is 0 Å². The van der Waals surface area contributed by atoms with Crippen molar-refractivity contribution in [2.24, 2.45) is 0 Å². The van der Waals surface area contributed by atoms with Gasteiger partial charge in [-0.3, -0.25) is 0 Å². The summed E-state index contributed by atoms with van der Waals surface area (Å²) in [5.74, 6) is 1.17. The van der Waals surface area contributed by atoms with E-state index in [0.717, 1.165) is 5.41 Å². The van der Waals surface area contributed by atoms with Gasteiger partial charge >= 0.3 is 5.63 Å². The Balaban J connectivity index is 1.99. The molecule has 0 bridgehead atoms. The Morgan fingerprint density at radius 2 is 1.58 bits per heavy atom. The molecule has 7 heteroatoms. The van der Waals surface area contributed by atoms with Gasteiger partial charge in [-0.25, -0.2) is 13.2 Å². The standard InChI is InChI=1S/C19H16O6S/c1-23-15-6-3-13(4-7-15)9-10-26(21,22)18-11-14-5-8-16(24-2)12-17(14)25-19(18)20/h3-12H,1-2H3. The minimum absolute atomic E-state index is 0.257. The first-order valence-corrected chi connectivity index (χ1v) is 9.17. The second kappa shape index (κ2) is 7.05. The third-order valence-electron chi connectivity index (χ3n) is 3.77. The van der Waals surface area contributed by atoms with E-state index in [0.29, 0.717) is 22.4 Å². The number of hydrogen-bond acceptors (Lipinski definition) is 6. The first kappa shape index (κ1) is 17.8. The smallest absolute Gasteiger partial charge is 0.355 e. The van der Waals surface area contributed by atoms with Crippen LogP contribution in [0.4, 0.5) is 0 Å². The largest absolute Gasteiger partial charge is 0.497 e. The number of hydrogen-bond donors (Lipinski definition) is 0. The van der Waals surface area contributed by atoms with Crippen molar-refractivity contribution in [3.05, 3.63) is 69.9 Å². The van der Waals surface area contributed by atoms with Crippen LogP contribution in [0, 0.1) is 0 Å². The van der Waals surface area contributed by atoms with Crippen LogP contribution in [0.15, 0.2) is 68.0 Å². The third kappa shape index (κ3) is 3.62. The van der Waals surface area contributed by atoms with Crippen molar-refractivity contribution in [3.8, 4) is 11.5 Å². The molecule has 0 aliphatic heterocycles. The van der Waals surface area contributed by atoms with Gasteiger partial charge in [-0.15, -0.1) is 0 Å². The maximum Gasteiger partial charge on any atom is 0.355 e. The SMILES string of the molecule is COc1ccc(C=CS(=O)(=O)c2cc3ccc(OC)cc3oc2=O)cc1. The van der Waals surface area contributed by atoms with E-state index in [9.17, 15) is 13.2 Å². The molecule has 0 radical (unpaired) electrons. The molecule has 0 spiro atoms. The summed E-state index contributed by atoms with van der Waals surface area (Å²) >= 11 is 0. The molecule has 0 saturated carbocycles. The second-order valence-corrected chi connectivity index (χ2v) is 7.22. The van der Waals surface area contributed by atoms with Gasteiger partial charge in [-0.1, -0.05) is 12.1 Å². The van der Waals surface area contributed by atoms with Crippen LogP contribution in [-0.4, -0.2) is 22.6 Å². The van der Waals surface area contributed by atoms with Crippen LogP contribution >= 0.6 is 0 Å². The first-order chi connectivity index (χ1) is 12.4. The predicted octanol–water partition coefficient (Wildman–Crippen LogP) is 3.25. The van der Waals surface area contributed by atoms with E-state index in [-0.39, 0.29) is 5.58 Å². The number of methoxy groups -OCH3 is 2. The lowest BCUT2D eigenvalue weighted by Crippen LogP contribution is -2.11. The Morgan fingerprint density at radius 1 is 0.923 bits per heavy atom. The molecule has 0 unspecified atom stereocenters. The molecule has 3 rings (SSSR count). The fraction of sp³-hybridized carbons (Fsp3) is 0.105. The molecule has 134 valence electrons. The second-order valence-electron chi connectivity index (χ2n) is 5.42. The Hall–Kier alpha value is -3.06. The summed E-state index contributed by atoms with van der Waals surface area (Å²) in [7, 11) is -0.928. The van der Waals surface area contributed by atoms with Crippen molar-refractivity contribution >= 4 is 26.9 Å². The molecule has 26 heavy (non-hydrogen) atoms. The molecule has 3 aromatic rings. The number of ether oxygens (including phenoxy) is 2. The zero-order valence-corrected chi connectivity index (χ0v) is 14.9. The molecule has 0 atom stereocenters. The lowest BCUT2D eigenvalue weighted by Gasteiger charge is -2.03. The summed E-state index contributed by atoms with van der Waals surface area (Å²) in [5.41, 5.74) is -0.0122. The molecule has 0 amide bonds. The van der Waals surface area contributed by atoms with Gasteiger partial charge in [0.05, 0.1) is 14.2 Å². The number of sulfone groups is 1. The Morgan fingerprint density at radius 3 is 2.23 bits per heavy atom. The fourth-order valence-corrected chi connectivity index (χ4v) is 3.40. The van der Waals surface area contributed by atoms with Gasteiger partial charge in [0, 0.05) is 16.9 Å². The monoisotopic (exact) mass is 372 g/mol. The number of rotatable bonds is 5. The van der Waals surface area contributed by atoms with Crippen LogP contribution in [0.3, 0.4) is 0 Å². The lowest BCUT2D eigenvalue weighted by atomic mass is 10.2. The Kier molecular flexibility index (Phi) is 4.81. The minimum Gasteiger partial charge on any atom is -0.497 e. The minimum atomic E-state index is -3.96. The van der Waals surface area contributed by atoms with Gasteiger partial charge in [0.25, 0.3) is 0 Å². The van der Waals surface area contributed by atoms with E-state index in [1.807, 2.05) is 0 Å². The highest BCUT2D eigenvalue weighted by Gasteiger charge is 2.18. The molecule has 2 aromatic carbocycles.